The predicted octanol–water partition coefficient (Wildman–Crippen LogP) is 15.8. The number of anilines is 2. The van der Waals surface area contributed by atoms with Crippen LogP contribution >= 0.6 is 0 Å². The van der Waals surface area contributed by atoms with Gasteiger partial charge in [0, 0.05) is 22.2 Å². The molecule has 0 fully saturated rings. The first-order chi connectivity index (χ1) is 28.6. The molecule has 0 atom stereocenters. The zero-order valence-electron chi connectivity index (χ0n) is 33.0. The number of benzene rings is 9. The van der Waals surface area contributed by atoms with E-state index >= 15 is 0 Å². The molecule has 0 aliphatic heterocycles. The number of aryl methyl sites for hydroxylation is 2. The fourth-order valence-corrected chi connectivity index (χ4v) is 9.60. The van der Waals surface area contributed by atoms with Gasteiger partial charge < -0.3 is 4.90 Å². The molecule has 0 aromatic heterocycles. The molecule has 9 aromatic rings. The maximum Gasteiger partial charge on any atom is 0.0618 e. The molecule has 276 valence electrons. The molecule has 58 heavy (non-hydrogen) atoms. The molecule has 0 saturated carbocycles. The van der Waals surface area contributed by atoms with Crippen LogP contribution in [-0.4, -0.2) is 0 Å². The van der Waals surface area contributed by atoms with Crippen LogP contribution in [0.4, 0.5) is 11.4 Å². The predicted molar refractivity (Wildman–Crippen MR) is 251 cm³/mol. The van der Waals surface area contributed by atoms with E-state index in [4.69, 9.17) is 0 Å². The lowest BCUT2D eigenvalue weighted by molar-refractivity contribution is 0.983. The van der Waals surface area contributed by atoms with Gasteiger partial charge in [-0.3, -0.25) is 0 Å². The lowest BCUT2D eigenvalue weighted by Gasteiger charge is -2.29. The van der Waals surface area contributed by atoms with Crippen molar-refractivity contribution in [1.82, 2.24) is 0 Å². The number of allylic oxidation sites excluding steroid dienone is 6. The molecule has 2 aliphatic rings. The zero-order chi connectivity index (χ0) is 38.7. The van der Waals surface area contributed by atoms with Gasteiger partial charge in [0.25, 0.3) is 0 Å². The highest BCUT2D eigenvalue weighted by molar-refractivity contribution is 6.15. The van der Waals surface area contributed by atoms with Gasteiger partial charge in [0.05, 0.1) is 5.69 Å². The van der Waals surface area contributed by atoms with E-state index in [1.54, 1.807) is 0 Å². The molecule has 2 aliphatic carbocycles. The van der Waals surface area contributed by atoms with Crippen molar-refractivity contribution in [2.45, 2.75) is 33.1 Å². The van der Waals surface area contributed by atoms with E-state index in [1.165, 1.54) is 104 Å². The maximum absolute atomic E-state index is 2.51. The Labute approximate surface area is 340 Å². The minimum atomic E-state index is 0.866. The van der Waals surface area contributed by atoms with Gasteiger partial charge in [-0.1, -0.05) is 145 Å². The number of hydrogen-bond donors (Lipinski definition) is 0. The molecule has 9 aromatic carbocycles. The molecule has 0 saturated heterocycles. The molecule has 0 radical (unpaired) electrons. The first-order valence-corrected chi connectivity index (χ1v) is 20.6. The fraction of sp³-hybridized carbons (Fsp3) is 0.0877. The van der Waals surface area contributed by atoms with Crippen LogP contribution < -0.4 is 4.90 Å². The smallest absolute Gasteiger partial charge is 0.0618 e. The molecule has 0 N–H and O–H groups in total. The summed E-state index contributed by atoms with van der Waals surface area (Å²) in [6, 6.07) is 56.6. The lowest BCUT2D eigenvalue weighted by Crippen LogP contribution is -2.16. The van der Waals surface area contributed by atoms with E-state index < -0.39 is 0 Å². The van der Waals surface area contributed by atoms with E-state index in [2.05, 4.69) is 207 Å². The molecule has 0 amide bonds. The van der Waals surface area contributed by atoms with Crippen molar-refractivity contribution in [2.75, 3.05) is 4.90 Å². The third kappa shape index (κ3) is 5.77. The van der Waals surface area contributed by atoms with E-state index in [0.29, 0.717) is 0 Å². The third-order valence-electron chi connectivity index (χ3n) is 12.4. The van der Waals surface area contributed by atoms with Crippen LogP contribution in [0, 0.1) is 13.8 Å². The minimum absolute atomic E-state index is 0.866. The summed E-state index contributed by atoms with van der Waals surface area (Å²) in [5.41, 5.74) is 14.0. The summed E-state index contributed by atoms with van der Waals surface area (Å²) in [7, 11) is 0. The summed E-state index contributed by atoms with van der Waals surface area (Å²) in [5.74, 6) is 0. The van der Waals surface area contributed by atoms with Crippen LogP contribution in [0.2, 0.25) is 0 Å². The second-order valence-electron chi connectivity index (χ2n) is 16.1. The van der Waals surface area contributed by atoms with Crippen LogP contribution in [-0.2, 0) is 6.42 Å². The first-order valence-electron chi connectivity index (χ1n) is 20.6. The van der Waals surface area contributed by atoms with Gasteiger partial charge in [-0.15, -0.1) is 0 Å². The van der Waals surface area contributed by atoms with Gasteiger partial charge in [-0.25, -0.2) is 0 Å². The minimum Gasteiger partial charge on any atom is -0.309 e. The zero-order valence-corrected chi connectivity index (χ0v) is 33.0. The molecule has 11 rings (SSSR count). The van der Waals surface area contributed by atoms with Gasteiger partial charge >= 0.3 is 0 Å². The van der Waals surface area contributed by atoms with Crippen LogP contribution in [0.15, 0.2) is 188 Å². The van der Waals surface area contributed by atoms with Gasteiger partial charge in [0.1, 0.15) is 0 Å². The maximum atomic E-state index is 2.51. The van der Waals surface area contributed by atoms with Crippen LogP contribution in [0.25, 0.3) is 76.6 Å². The van der Waals surface area contributed by atoms with E-state index in [0.717, 1.165) is 30.6 Å². The van der Waals surface area contributed by atoms with E-state index in [9.17, 15) is 0 Å². The summed E-state index contributed by atoms with van der Waals surface area (Å²) >= 11 is 0. The Morgan fingerprint density at radius 2 is 1.09 bits per heavy atom. The number of rotatable bonds is 5. The van der Waals surface area contributed by atoms with Crippen molar-refractivity contribution >= 4 is 76.9 Å². The highest BCUT2D eigenvalue weighted by Crippen LogP contribution is 2.45. The van der Waals surface area contributed by atoms with Crippen molar-refractivity contribution in [1.29, 1.82) is 0 Å². The van der Waals surface area contributed by atoms with Crippen molar-refractivity contribution in [3.63, 3.8) is 0 Å². The van der Waals surface area contributed by atoms with Gasteiger partial charge in [-0.05, 0) is 164 Å². The highest BCUT2D eigenvalue weighted by atomic mass is 15.1. The topological polar surface area (TPSA) is 3.24 Å². The first kappa shape index (κ1) is 34.3. The summed E-state index contributed by atoms with van der Waals surface area (Å²) in [4.78, 5) is 2.51. The van der Waals surface area contributed by atoms with Crippen molar-refractivity contribution in [2.24, 2.45) is 0 Å². The lowest BCUT2D eigenvalue weighted by atomic mass is 9.84. The molecule has 0 bridgehead atoms. The van der Waals surface area contributed by atoms with E-state index in [-0.39, 0.29) is 0 Å². The van der Waals surface area contributed by atoms with Crippen LogP contribution in [0.3, 0.4) is 0 Å². The Kier molecular flexibility index (Phi) is 8.22. The van der Waals surface area contributed by atoms with Crippen LogP contribution in [0.5, 0.6) is 0 Å². The molecule has 1 heteroatoms. The van der Waals surface area contributed by atoms with E-state index in [1.807, 2.05) is 0 Å². The molecule has 0 heterocycles. The van der Waals surface area contributed by atoms with Gasteiger partial charge in [0.2, 0.25) is 0 Å². The van der Waals surface area contributed by atoms with Crippen molar-refractivity contribution in [3.8, 4) is 11.1 Å². The number of nitrogens with zero attached hydrogens (tertiary/aromatic N) is 1. The summed E-state index contributed by atoms with van der Waals surface area (Å²) in [6.07, 6.45) is 17.2. The molecule has 0 spiro atoms. The standard InChI is InChI=1S/C57H43N/c1-37-22-24-43-34-44-25-23-38(2)33-56(44)57(55(43)32-37)58(46-30-27-40(28-31-46)54-36-42-13-4-6-17-48(42)50-19-8-10-21-52(50)54)45-15-11-14-39(26-29-45)53-35-41-12-3-5-16-47(41)49-18-7-9-20-51(49)53/h3-8,10-13,15-19,21-36H,9,14,20H2,1-2H3. The summed E-state index contributed by atoms with van der Waals surface area (Å²) < 4.78 is 0. The highest BCUT2D eigenvalue weighted by Gasteiger charge is 2.22. The summed E-state index contributed by atoms with van der Waals surface area (Å²) in [5, 5.41) is 12.7. The monoisotopic (exact) mass is 741 g/mol. The largest absolute Gasteiger partial charge is 0.309 e. The normalized spacial score (nSPS) is 13.9. The van der Waals surface area contributed by atoms with Crippen molar-refractivity contribution in [3.05, 3.63) is 216 Å². The second kappa shape index (κ2) is 13.9. The SMILES string of the molecule is Cc1ccc2cc3ccc(C)cc3c(N(C3=CC=C(c4cc5ccccc5c5c4CCC=C5)CC=C3)c3ccc(-c4cc5ccccc5c5ccccc45)cc3)c2c1. The number of fused-ring (bicyclic) bond motifs is 8. The van der Waals surface area contributed by atoms with Crippen molar-refractivity contribution < 1.29 is 0 Å². The molecule has 1 nitrogen and oxygen atoms in total. The van der Waals surface area contributed by atoms with Gasteiger partial charge in [-0.2, -0.15) is 0 Å². The Hall–Kier alpha value is -6.96. The molecule has 0 unspecified atom stereocenters. The Balaban J connectivity index is 1.12. The fourth-order valence-electron chi connectivity index (χ4n) is 9.60. The van der Waals surface area contributed by atoms with Gasteiger partial charge in [0.15, 0.2) is 0 Å². The average Bonchev–Trinajstić information content (AvgIpc) is 3.52. The number of hydrogen-bond acceptors (Lipinski definition) is 1. The second-order valence-corrected chi connectivity index (χ2v) is 16.1. The van der Waals surface area contributed by atoms with Crippen LogP contribution in [0.1, 0.15) is 40.7 Å². The Morgan fingerprint density at radius 3 is 1.83 bits per heavy atom. The average molecular weight is 742 g/mol. The quantitative estimate of drug-likeness (QED) is 0.125. The summed E-state index contributed by atoms with van der Waals surface area (Å²) in [6.45, 7) is 4.41. The third-order valence-corrected chi connectivity index (χ3v) is 12.4. The molecular weight excluding hydrogens is 699 g/mol. The Bertz CT molecular complexity index is 3200. The Morgan fingerprint density at radius 1 is 0.466 bits per heavy atom. The molecular formula is C57H43N.